The molecule has 1 aromatic carbocycles. The van der Waals surface area contributed by atoms with Crippen LogP contribution in [0.1, 0.15) is 30.1 Å². The summed E-state index contributed by atoms with van der Waals surface area (Å²) >= 11 is 1.63. The van der Waals surface area contributed by atoms with Crippen LogP contribution >= 0.6 is 11.8 Å². The van der Waals surface area contributed by atoms with E-state index in [0.29, 0.717) is 18.7 Å². The van der Waals surface area contributed by atoms with Gasteiger partial charge >= 0.3 is 12.0 Å². The minimum Gasteiger partial charge on any atom is -0.465 e. The molecule has 7 heteroatoms. The van der Waals surface area contributed by atoms with E-state index in [2.05, 4.69) is 5.32 Å². The van der Waals surface area contributed by atoms with E-state index in [4.69, 9.17) is 4.74 Å². The van der Waals surface area contributed by atoms with Crippen LogP contribution in [0.4, 0.5) is 4.79 Å². The summed E-state index contributed by atoms with van der Waals surface area (Å²) in [7, 11) is 0. The minimum atomic E-state index is -0.464. The number of nitrogens with zero attached hydrogens (tertiary/aromatic N) is 1. The Labute approximate surface area is 152 Å². The quantitative estimate of drug-likeness (QED) is 0.477. The van der Waals surface area contributed by atoms with Crippen LogP contribution in [0, 0.1) is 5.92 Å². The average molecular weight is 364 g/mol. The van der Waals surface area contributed by atoms with E-state index in [1.165, 1.54) is 0 Å². The second kappa shape index (κ2) is 9.46. The van der Waals surface area contributed by atoms with Gasteiger partial charge in [0.1, 0.15) is 6.54 Å². The fourth-order valence-corrected chi connectivity index (χ4v) is 3.25. The molecule has 1 saturated heterocycles. The molecule has 1 atom stereocenters. The van der Waals surface area contributed by atoms with E-state index in [1.807, 2.05) is 30.5 Å². The minimum absolute atomic E-state index is 0.0653. The summed E-state index contributed by atoms with van der Waals surface area (Å²) in [6, 6.07) is 7.22. The number of benzene rings is 1. The normalized spacial score (nSPS) is 17.0. The summed E-state index contributed by atoms with van der Waals surface area (Å²) in [5.74, 6) is -0.605. The highest BCUT2D eigenvalue weighted by Gasteiger charge is 2.29. The van der Waals surface area contributed by atoms with Crippen molar-refractivity contribution in [3.63, 3.8) is 0 Å². The first kappa shape index (κ1) is 19.3. The summed E-state index contributed by atoms with van der Waals surface area (Å²) in [5, 5.41) is 2.55. The number of nitrogens with one attached hydrogen (secondary N) is 1. The number of carbonyl (C=O) groups excluding carboxylic acids is 3. The lowest BCUT2D eigenvalue weighted by atomic mass is 9.90. The summed E-state index contributed by atoms with van der Waals surface area (Å²) < 4.78 is 4.79. The van der Waals surface area contributed by atoms with Gasteiger partial charge in [0.15, 0.2) is 5.78 Å². The maximum Gasteiger partial charge on any atom is 0.325 e. The number of ether oxygens (including phenoxy) is 1. The molecule has 1 aliphatic rings. The molecular weight excluding hydrogens is 340 g/mol. The molecule has 25 heavy (non-hydrogen) atoms. The van der Waals surface area contributed by atoms with Crippen LogP contribution in [-0.4, -0.2) is 55.2 Å². The van der Waals surface area contributed by atoms with Gasteiger partial charge in [-0.3, -0.25) is 9.59 Å². The number of likely N-dealkylation sites (tertiary alicyclic amines) is 1. The topological polar surface area (TPSA) is 75.7 Å². The van der Waals surface area contributed by atoms with Crippen molar-refractivity contribution in [2.24, 2.45) is 5.92 Å². The van der Waals surface area contributed by atoms with Crippen LogP contribution in [0.25, 0.3) is 0 Å². The third kappa shape index (κ3) is 5.49. The highest BCUT2D eigenvalue weighted by molar-refractivity contribution is 7.98. The summed E-state index contributed by atoms with van der Waals surface area (Å²) in [6.07, 6.45) is 3.53. The number of amides is 2. The molecule has 0 saturated carbocycles. The van der Waals surface area contributed by atoms with Gasteiger partial charge in [-0.25, -0.2) is 4.79 Å². The lowest BCUT2D eigenvalue weighted by Crippen LogP contribution is -2.48. The van der Waals surface area contributed by atoms with Crippen molar-refractivity contribution < 1.29 is 19.1 Å². The molecule has 0 unspecified atom stereocenters. The molecule has 0 aliphatic carbocycles. The van der Waals surface area contributed by atoms with E-state index in [9.17, 15) is 14.4 Å². The van der Waals surface area contributed by atoms with Crippen LogP contribution in [0.3, 0.4) is 0 Å². The van der Waals surface area contributed by atoms with Crippen LogP contribution in [0.15, 0.2) is 29.2 Å². The Morgan fingerprint density at radius 3 is 2.64 bits per heavy atom. The third-order valence-electron chi connectivity index (χ3n) is 4.14. The molecule has 1 fully saturated rings. The number of thioether (sulfide) groups is 1. The predicted octanol–water partition coefficient (Wildman–Crippen LogP) is 2.58. The summed E-state index contributed by atoms with van der Waals surface area (Å²) in [6.45, 7) is 2.80. The lowest BCUT2D eigenvalue weighted by molar-refractivity contribution is -0.141. The Balaban J connectivity index is 1.91. The molecule has 6 nitrogen and oxygen atoms in total. The molecule has 2 amide bonds. The van der Waals surface area contributed by atoms with Crippen molar-refractivity contribution >= 4 is 29.5 Å². The molecular formula is C18H24N2O4S. The highest BCUT2D eigenvalue weighted by Crippen LogP contribution is 2.22. The van der Waals surface area contributed by atoms with Crippen LogP contribution < -0.4 is 5.32 Å². The van der Waals surface area contributed by atoms with Gasteiger partial charge in [-0.1, -0.05) is 12.1 Å². The number of carbonyl (C=O) groups is 3. The molecule has 1 N–H and O–H groups in total. The van der Waals surface area contributed by atoms with Crippen molar-refractivity contribution in [3.8, 4) is 0 Å². The smallest absolute Gasteiger partial charge is 0.325 e. The number of urea groups is 1. The number of esters is 1. The standard InChI is InChI=1S/C18H24N2O4S/c1-3-24-16(21)11-19-18(23)20-10-4-5-14(12-20)17(22)13-6-8-15(25-2)9-7-13/h6-9,14H,3-5,10-12H2,1-2H3,(H,19,23)/t14-/m0/s1. The SMILES string of the molecule is CCOC(=O)CNC(=O)N1CCC[C@H](C(=O)c2ccc(SC)cc2)C1. The average Bonchev–Trinajstić information content (AvgIpc) is 2.66. The zero-order valence-corrected chi connectivity index (χ0v) is 15.4. The predicted molar refractivity (Wildman–Crippen MR) is 96.9 cm³/mol. The molecule has 0 bridgehead atoms. The Kier molecular flexibility index (Phi) is 7.31. The van der Waals surface area contributed by atoms with Crippen LogP contribution in [-0.2, 0) is 9.53 Å². The zero-order chi connectivity index (χ0) is 18.2. The zero-order valence-electron chi connectivity index (χ0n) is 14.6. The van der Waals surface area contributed by atoms with Gasteiger partial charge in [-0.05, 0) is 38.2 Å². The first-order valence-electron chi connectivity index (χ1n) is 8.41. The van der Waals surface area contributed by atoms with Gasteiger partial charge in [0, 0.05) is 29.5 Å². The van der Waals surface area contributed by atoms with Gasteiger partial charge in [0.2, 0.25) is 0 Å². The number of hydrogen-bond acceptors (Lipinski definition) is 5. The summed E-state index contributed by atoms with van der Waals surface area (Å²) in [5.41, 5.74) is 0.677. The maximum absolute atomic E-state index is 12.7. The molecule has 1 aliphatic heterocycles. The van der Waals surface area contributed by atoms with Crippen molar-refractivity contribution in [2.75, 3.05) is 32.5 Å². The van der Waals surface area contributed by atoms with Crippen molar-refractivity contribution in [1.82, 2.24) is 10.2 Å². The Morgan fingerprint density at radius 2 is 2.00 bits per heavy atom. The molecule has 0 radical (unpaired) electrons. The molecule has 1 aromatic rings. The van der Waals surface area contributed by atoms with Gasteiger partial charge in [-0.2, -0.15) is 0 Å². The highest BCUT2D eigenvalue weighted by atomic mass is 32.2. The van der Waals surface area contributed by atoms with E-state index in [0.717, 1.165) is 17.7 Å². The largest absolute Gasteiger partial charge is 0.465 e. The number of piperidine rings is 1. The molecule has 0 aromatic heterocycles. The molecule has 2 rings (SSSR count). The van der Waals surface area contributed by atoms with Gasteiger partial charge in [0.05, 0.1) is 6.61 Å². The number of Topliss-reactive ketones (excluding diaryl/α,β-unsaturated/α-hetero) is 1. The fraction of sp³-hybridized carbons (Fsp3) is 0.500. The Hall–Kier alpha value is -2.02. The third-order valence-corrected chi connectivity index (χ3v) is 4.89. The number of hydrogen-bond donors (Lipinski definition) is 1. The van der Waals surface area contributed by atoms with E-state index in [-0.39, 0.29) is 30.9 Å². The second-order valence-electron chi connectivity index (χ2n) is 5.84. The second-order valence-corrected chi connectivity index (χ2v) is 6.72. The Morgan fingerprint density at radius 1 is 1.28 bits per heavy atom. The van der Waals surface area contributed by atoms with E-state index < -0.39 is 5.97 Å². The van der Waals surface area contributed by atoms with Crippen LogP contribution in [0.5, 0.6) is 0 Å². The monoisotopic (exact) mass is 364 g/mol. The Bertz CT molecular complexity index is 618. The molecule has 136 valence electrons. The lowest BCUT2D eigenvalue weighted by Gasteiger charge is -2.32. The molecule has 1 heterocycles. The first-order valence-corrected chi connectivity index (χ1v) is 9.64. The van der Waals surface area contributed by atoms with Gasteiger partial charge in [-0.15, -0.1) is 11.8 Å². The fourth-order valence-electron chi connectivity index (χ4n) is 2.84. The first-order chi connectivity index (χ1) is 12.0. The van der Waals surface area contributed by atoms with Crippen LogP contribution in [0.2, 0.25) is 0 Å². The van der Waals surface area contributed by atoms with E-state index >= 15 is 0 Å². The van der Waals surface area contributed by atoms with Crippen molar-refractivity contribution in [1.29, 1.82) is 0 Å². The maximum atomic E-state index is 12.7. The molecule has 0 spiro atoms. The van der Waals surface area contributed by atoms with Crippen molar-refractivity contribution in [2.45, 2.75) is 24.7 Å². The van der Waals surface area contributed by atoms with Gasteiger partial charge < -0.3 is 15.0 Å². The summed E-state index contributed by atoms with van der Waals surface area (Å²) in [4.78, 5) is 38.9. The van der Waals surface area contributed by atoms with Gasteiger partial charge in [0.25, 0.3) is 0 Å². The van der Waals surface area contributed by atoms with E-state index in [1.54, 1.807) is 23.6 Å². The van der Waals surface area contributed by atoms with Crippen molar-refractivity contribution in [3.05, 3.63) is 29.8 Å². The number of ketones is 1. The number of rotatable bonds is 6.